The van der Waals surface area contributed by atoms with Crippen LogP contribution in [0.1, 0.15) is 52.1 Å². The number of rotatable bonds is 3. The van der Waals surface area contributed by atoms with E-state index in [2.05, 4.69) is 15.6 Å². The summed E-state index contributed by atoms with van der Waals surface area (Å²) in [4.78, 5) is 15.7. The molecule has 0 bridgehead atoms. The Balaban J connectivity index is 1.70. The first kappa shape index (κ1) is 22.5. The highest BCUT2D eigenvalue weighted by molar-refractivity contribution is 6.31. The molecule has 30 heavy (non-hydrogen) atoms. The van der Waals surface area contributed by atoms with Crippen LogP contribution in [0.25, 0.3) is 10.9 Å². The maximum absolute atomic E-state index is 13.3. The van der Waals surface area contributed by atoms with Crippen LogP contribution in [0.5, 0.6) is 0 Å². The quantitative estimate of drug-likeness (QED) is 0.596. The first-order valence-electron chi connectivity index (χ1n) is 9.84. The highest BCUT2D eigenvalue weighted by Crippen LogP contribution is 2.35. The van der Waals surface area contributed by atoms with Gasteiger partial charge in [-0.1, -0.05) is 11.6 Å². The number of fused-ring (bicyclic) bond motifs is 1. The smallest absolute Gasteiger partial charge is 0.433 e. The maximum Gasteiger partial charge on any atom is 0.433 e. The summed E-state index contributed by atoms with van der Waals surface area (Å²) < 4.78 is 45.1. The number of benzene rings is 1. The minimum atomic E-state index is -4.54. The fraction of sp³-hybridized carbons (Fsp3) is 0.524. The Labute approximate surface area is 178 Å². The van der Waals surface area contributed by atoms with E-state index in [1.165, 1.54) is 12.1 Å². The number of carbonyl (C=O) groups excluding carboxylic acids is 1. The van der Waals surface area contributed by atoms with Crippen molar-refractivity contribution < 1.29 is 22.7 Å². The summed E-state index contributed by atoms with van der Waals surface area (Å²) in [6, 6.07) is 5.61. The van der Waals surface area contributed by atoms with Gasteiger partial charge in [0, 0.05) is 28.2 Å². The predicted octanol–water partition coefficient (Wildman–Crippen LogP) is 6.15. The first-order valence-corrected chi connectivity index (χ1v) is 10.2. The van der Waals surface area contributed by atoms with Crippen LogP contribution in [0.3, 0.4) is 0 Å². The van der Waals surface area contributed by atoms with E-state index >= 15 is 0 Å². The summed E-state index contributed by atoms with van der Waals surface area (Å²) >= 11 is 6.05. The zero-order chi connectivity index (χ0) is 22.1. The van der Waals surface area contributed by atoms with Gasteiger partial charge in [-0.2, -0.15) is 13.2 Å². The molecule has 1 fully saturated rings. The van der Waals surface area contributed by atoms with Crippen molar-refractivity contribution in [3.63, 3.8) is 0 Å². The van der Waals surface area contributed by atoms with Gasteiger partial charge in [0.2, 0.25) is 0 Å². The molecular formula is C21H25ClF3N3O2. The molecule has 3 rings (SSSR count). The number of ether oxygens (including phenoxy) is 1. The van der Waals surface area contributed by atoms with Crippen molar-refractivity contribution in [2.45, 2.75) is 70.3 Å². The van der Waals surface area contributed by atoms with E-state index in [-0.39, 0.29) is 17.6 Å². The number of aromatic nitrogens is 1. The first-order chi connectivity index (χ1) is 13.9. The molecule has 1 aliphatic carbocycles. The maximum atomic E-state index is 13.3. The molecule has 2 aromatic rings. The van der Waals surface area contributed by atoms with Crippen LogP contribution < -0.4 is 10.6 Å². The molecule has 0 spiro atoms. The second kappa shape index (κ2) is 8.49. The number of halogens is 4. The van der Waals surface area contributed by atoms with Gasteiger partial charge in [0.25, 0.3) is 0 Å². The molecule has 0 unspecified atom stereocenters. The van der Waals surface area contributed by atoms with Gasteiger partial charge in [0.15, 0.2) is 0 Å². The van der Waals surface area contributed by atoms with Crippen LogP contribution in [0.2, 0.25) is 5.02 Å². The average molecular weight is 444 g/mol. The average Bonchev–Trinajstić information content (AvgIpc) is 2.61. The van der Waals surface area contributed by atoms with Crippen molar-refractivity contribution in [2.75, 3.05) is 5.32 Å². The number of carbonyl (C=O) groups is 1. The summed E-state index contributed by atoms with van der Waals surface area (Å²) in [5, 5.41) is 7.07. The van der Waals surface area contributed by atoms with Gasteiger partial charge >= 0.3 is 12.3 Å². The lowest BCUT2D eigenvalue weighted by molar-refractivity contribution is -0.140. The molecule has 0 atom stereocenters. The lowest BCUT2D eigenvalue weighted by atomic mass is 9.91. The van der Waals surface area contributed by atoms with E-state index in [0.717, 1.165) is 6.07 Å². The third-order valence-corrected chi connectivity index (χ3v) is 5.10. The van der Waals surface area contributed by atoms with E-state index in [4.69, 9.17) is 16.3 Å². The van der Waals surface area contributed by atoms with Crippen molar-refractivity contribution in [3.8, 4) is 0 Å². The van der Waals surface area contributed by atoms with Gasteiger partial charge in [-0.05, 0) is 70.7 Å². The molecule has 1 aliphatic rings. The van der Waals surface area contributed by atoms with Crippen LogP contribution in [0.15, 0.2) is 24.3 Å². The topological polar surface area (TPSA) is 63.2 Å². The zero-order valence-corrected chi connectivity index (χ0v) is 17.8. The summed E-state index contributed by atoms with van der Waals surface area (Å²) in [6.45, 7) is 5.40. The largest absolute Gasteiger partial charge is 0.444 e. The van der Waals surface area contributed by atoms with Crippen LogP contribution in [-0.4, -0.2) is 28.8 Å². The number of hydrogen-bond donors (Lipinski definition) is 2. The molecule has 1 saturated carbocycles. The molecule has 1 aromatic heterocycles. The molecule has 164 valence electrons. The van der Waals surface area contributed by atoms with Gasteiger partial charge < -0.3 is 15.4 Å². The van der Waals surface area contributed by atoms with E-state index in [1.807, 2.05) is 0 Å². The third kappa shape index (κ3) is 5.90. The van der Waals surface area contributed by atoms with Crippen molar-refractivity contribution in [3.05, 3.63) is 35.0 Å². The Hall–Kier alpha value is -2.22. The number of amides is 1. The minimum Gasteiger partial charge on any atom is -0.444 e. The SMILES string of the molecule is CC(C)(C)OC(=O)NC1CCC(Nc2cc(C(F)(F)F)nc3ccc(Cl)cc23)CC1. The Kier molecular flexibility index (Phi) is 6.36. The van der Waals surface area contributed by atoms with Gasteiger partial charge in [0.1, 0.15) is 11.3 Å². The second-order valence-corrected chi connectivity index (χ2v) is 8.99. The van der Waals surface area contributed by atoms with Crippen molar-refractivity contribution in [1.29, 1.82) is 0 Å². The summed E-state index contributed by atoms with van der Waals surface area (Å²) in [7, 11) is 0. The van der Waals surface area contributed by atoms with E-state index < -0.39 is 23.6 Å². The number of hydrogen-bond acceptors (Lipinski definition) is 4. The minimum absolute atomic E-state index is 0.0210. The fourth-order valence-corrected chi connectivity index (χ4v) is 3.71. The Morgan fingerprint density at radius 1 is 1.10 bits per heavy atom. The standard InChI is InChI=1S/C21H25ClF3N3O2/c1-20(2,3)30-19(29)27-14-7-5-13(6-8-14)26-17-11-18(21(23,24)25)28-16-9-4-12(22)10-15(16)17/h4,9-11,13-14H,5-8H2,1-3H3,(H,26,28)(H,27,29). The van der Waals surface area contributed by atoms with Crippen molar-refractivity contribution in [1.82, 2.24) is 10.3 Å². The Morgan fingerprint density at radius 2 is 1.73 bits per heavy atom. The van der Waals surface area contributed by atoms with Crippen molar-refractivity contribution >= 4 is 34.3 Å². The van der Waals surface area contributed by atoms with Gasteiger partial charge in [0.05, 0.1) is 5.52 Å². The molecule has 1 heterocycles. The van der Waals surface area contributed by atoms with Crippen LogP contribution in [0.4, 0.5) is 23.7 Å². The number of nitrogens with one attached hydrogen (secondary N) is 2. The zero-order valence-electron chi connectivity index (χ0n) is 17.1. The Bertz CT molecular complexity index is 920. The molecule has 1 amide bonds. The number of alkyl halides is 3. The van der Waals surface area contributed by atoms with Gasteiger partial charge in [-0.3, -0.25) is 0 Å². The molecule has 0 aliphatic heterocycles. The molecule has 9 heteroatoms. The van der Waals surface area contributed by atoms with Crippen molar-refractivity contribution in [2.24, 2.45) is 0 Å². The van der Waals surface area contributed by atoms with E-state index in [0.29, 0.717) is 41.8 Å². The fourth-order valence-electron chi connectivity index (χ4n) is 3.54. The highest BCUT2D eigenvalue weighted by Gasteiger charge is 2.34. The monoisotopic (exact) mass is 443 g/mol. The van der Waals surface area contributed by atoms with Crippen LogP contribution >= 0.6 is 11.6 Å². The number of alkyl carbamates (subject to hydrolysis) is 1. The van der Waals surface area contributed by atoms with Crippen LogP contribution in [0, 0.1) is 0 Å². The highest BCUT2D eigenvalue weighted by atomic mass is 35.5. The number of anilines is 1. The molecule has 5 nitrogen and oxygen atoms in total. The summed E-state index contributed by atoms with van der Waals surface area (Å²) in [5.74, 6) is 0. The number of nitrogens with zero attached hydrogens (tertiary/aromatic N) is 1. The lowest BCUT2D eigenvalue weighted by Gasteiger charge is -2.31. The molecule has 1 aromatic carbocycles. The normalized spacial score (nSPS) is 20.1. The second-order valence-electron chi connectivity index (χ2n) is 8.55. The van der Waals surface area contributed by atoms with Crippen LogP contribution in [-0.2, 0) is 10.9 Å². The van der Waals surface area contributed by atoms with Gasteiger partial charge in [-0.15, -0.1) is 0 Å². The van der Waals surface area contributed by atoms with E-state index in [1.54, 1.807) is 26.8 Å². The molecule has 0 saturated heterocycles. The number of pyridine rings is 1. The van der Waals surface area contributed by atoms with E-state index in [9.17, 15) is 18.0 Å². The molecule has 2 N–H and O–H groups in total. The summed E-state index contributed by atoms with van der Waals surface area (Å²) in [5.41, 5.74) is -0.918. The predicted molar refractivity (Wildman–Crippen MR) is 111 cm³/mol. The summed E-state index contributed by atoms with van der Waals surface area (Å²) in [6.07, 6.45) is -2.19. The Morgan fingerprint density at radius 3 is 2.33 bits per heavy atom. The van der Waals surface area contributed by atoms with Gasteiger partial charge in [-0.25, -0.2) is 9.78 Å². The molecule has 0 radical (unpaired) electrons. The lowest BCUT2D eigenvalue weighted by Crippen LogP contribution is -2.42. The molecular weight excluding hydrogens is 419 g/mol. The third-order valence-electron chi connectivity index (χ3n) is 4.87.